The topological polar surface area (TPSA) is 21.3 Å². The number of halogens is 2. The lowest BCUT2D eigenvalue weighted by Gasteiger charge is -2.10. The fraction of sp³-hybridized carbons (Fsp3) is 0.250. The Morgan fingerprint density at radius 2 is 1.90 bits per heavy atom. The van der Waals surface area contributed by atoms with E-state index in [1.807, 2.05) is 42.5 Å². The number of hydrogen-bond acceptors (Lipinski definition) is 2. The zero-order valence-electron chi connectivity index (χ0n) is 11.3. The molecular formula is C16H17BrClNO. The van der Waals surface area contributed by atoms with Crippen molar-refractivity contribution in [3.63, 3.8) is 0 Å². The van der Waals surface area contributed by atoms with Gasteiger partial charge < -0.3 is 10.1 Å². The summed E-state index contributed by atoms with van der Waals surface area (Å²) in [6.07, 6.45) is 1.02. The van der Waals surface area contributed by atoms with Gasteiger partial charge in [-0.25, -0.2) is 0 Å². The molecule has 0 unspecified atom stereocenters. The summed E-state index contributed by atoms with van der Waals surface area (Å²) in [5.74, 6) is 0.901. The third-order valence-corrected chi connectivity index (χ3v) is 3.68. The first-order chi connectivity index (χ1) is 9.69. The van der Waals surface area contributed by atoms with Gasteiger partial charge in [0.2, 0.25) is 0 Å². The molecule has 2 aromatic carbocycles. The molecule has 0 fully saturated rings. The van der Waals surface area contributed by atoms with Gasteiger partial charge in [-0.3, -0.25) is 0 Å². The summed E-state index contributed by atoms with van der Waals surface area (Å²) >= 11 is 9.62. The van der Waals surface area contributed by atoms with Crippen molar-refractivity contribution >= 4 is 33.2 Å². The van der Waals surface area contributed by atoms with E-state index in [4.69, 9.17) is 16.3 Å². The molecule has 0 aromatic heterocycles. The Morgan fingerprint density at radius 3 is 2.60 bits per heavy atom. The second-order valence-corrected chi connectivity index (χ2v) is 5.78. The van der Waals surface area contributed by atoms with Crippen LogP contribution in [0.2, 0.25) is 5.02 Å². The Balaban J connectivity index is 1.95. The standard InChI is InChI=1S/C16H17BrClNO/c1-2-9-20-15-6-4-14(5-7-15)19-11-12-10-13(17)3-8-16(12)18/h3-8,10,19H,2,9,11H2,1H3. The van der Waals surface area contributed by atoms with Gasteiger partial charge >= 0.3 is 0 Å². The quantitative estimate of drug-likeness (QED) is 0.739. The highest BCUT2D eigenvalue weighted by Gasteiger charge is 2.01. The molecule has 2 nitrogen and oxygen atoms in total. The lowest BCUT2D eigenvalue weighted by atomic mass is 10.2. The maximum Gasteiger partial charge on any atom is 0.119 e. The molecule has 0 heterocycles. The highest BCUT2D eigenvalue weighted by molar-refractivity contribution is 9.10. The molecule has 4 heteroatoms. The Kier molecular flexibility index (Phi) is 5.74. The van der Waals surface area contributed by atoms with Crippen molar-refractivity contribution < 1.29 is 4.74 Å². The largest absolute Gasteiger partial charge is 0.494 e. The van der Waals surface area contributed by atoms with Gasteiger partial charge in [0.05, 0.1) is 6.61 Å². The van der Waals surface area contributed by atoms with Crippen LogP contribution in [-0.2, 0) is 6.54 Å². The molecular weight excluding hydrogens is 338 g/mol. The number of ether oxygens (including phenoxy) is 1. The predicted molar refractivity (Wildman–Crippen MR) is 88.7 cm³/mol. The van der Waals surface area contributed by atoms with Crippen LogP contribution in [-0.4, -0.2) is 6.61 Å². The lowest BCUT2D eigenvalue weighted by molar-refractivity contribution is 0.317. The molecule has 0 bridgehead atoms. The van der Waals surface area contributed by atoms with E-state index < -0.39 is 0 Å². The lowest BCUT2D eigenvalue weighted by Crippen LogP contribution is -2.00. The monoisotopic (exact) mass is 353 g/mol. The molecule has 20 heavy (non-hydrogen) atoms. The first-order valence-electron chi connectivity index (χ1n) is 6.59. The molecule has 2 aromatic rings. The number of hydrogen-bond donors (Lipinski definition) is 1. The van der Waals surface area contributed by atoms with Crippen LogP contribution in [0.5, 0.6) is 5.75 Å². The van der Waals surface area contributed by atoms with Crippen LogP contribution in [0.15, 0.2) is 46.9 Å². The van der Waals surface area contributed by atoms with Crippen LogP contribution in [0.4, 0.5) is 5.69 Å². The van der Waals surface area contributed by atoms with Gasteiger partial charge in [0.1, 0.15) is 5.75 Å². The van der Waals surface area contributed by atoms with Crippen LogP contribution < -0.4 is 10.1 Å². The highest BCUT2D eigenvalue weighted by Crippen LogP contribution is 2.22. The van der Waals surface area contributed by atoms with E-state index in [0.29, 0.717) is 6.54 Å². The average Bonchev–Trinajstić information content (AvgIpc) is 2.47. The molecule has 0 radical (unpaired) electrons. The van der Waals surface area contributed by atoms with Crippen molar-refractivity contribution in [2.24, 2.45) is 0 Å². The van der Waals surface area contributed by atoms with E-state index in [1.54, 1.807) is 0 Å². The van der Waals surface area contributed by atoms with E-state index in [-0.39, 0.29) is 0 Å². The van der Waals surface area contributed by atoms with Gasteiger partial charge in [0.25, 0.3) is 0 Å². The summed E-state index contributed by atoms with van der Waals surface area (Å²) in [4.78, 5) is 0. The Morgan fingerprint density at radius 1 is 1.15 bits per heavy atom. The maximum atomic E-state index is 6.16. The van der Waals surface area contributed by atoms with Crippen molar-refractivity contribution in [3.8, 4) is 5.75 Å². The minimum absolute atomic E-state index is 0.688. The maximum absolute atomic E-state index is 6.16. The molecule has 2 rings (SSSR count). The summed E-state index contributed by atoms with van der Waals surface area (Å²) in [6, 6.07) is 13.8. The van der Waals surface area contributed by atoms with Gasteiger partial charge in [-0.2, -0.15) is 0 Å². The van der Waals surface area contributed by atoms with Crippen molar-refractivity contribution in [2.45, 2.75) is 19.9 Å². The predicted octanol–water partition coefficient (Wildman–Crippen LogP) is 5.50. The molecule has 0 saturated heterocycles. The highest BCUT2D eigenvalue weighted by atomic mass is 79.9. The summed E-state index contributed by atoms with van der Waals surface area (Å²) in [5, 5.41) is 4.12. The van der Waals surface area contributed by atoms with Crippen LogP contribution in [0.25, 0.3) is 0 Å². The number of benzene rings is 2. The Bertz CT molecular complexity index is 557. The van der Waals surface area contributed by atoms with Crippen LogP contribution in [0.3, 0.4) is 0 Å². The van der Waals surface area contributed by atoms with E-state index in [0.717, 1.165) is 39.5 Å². The van der Waals surface area contributed by atoms with E-state index in [1.165, 1.54) is 0 Å². The van der Waals surface area contributed by atoms with Crippen LogP contribution in [0, 0.1) is 0 Å². The van der Waals surface area contributed by atoms with Crippen molar-refractivity contribution in [2.75, 3.05) is 11.9 Å². The van der Waals surface area contributed by atoms with E-state index in [9.17, 15) is 0 Å². The number of rotatable bonds is 6. The summed E-state index contributed by atoms with van der Waals surface area (Å²) in [7, 11) is 0. The van der Waals surface area contributed by atoms with Gasteiger partial charge in [0, 0.05) is 21.7 Å². The molecule has 1 N–H and O–H groups in total. The summed E-state index contributed by atoms with van der Waals surface area (Å²) in [6.45, 7) is 3.53. The zero-order valence-corrected chi connectivity index (χ0v) is 13.7. The number of anilines is 1. The van der Waals surface area contributed by atoms with Crippen LogP contribution in [0.1, 0.15) is 18.9 Å². The first-order valence-corrected chi connectivity index (χ1v) is 7.77. The first kappa shape index (κ1) is 15.2. The van der Waals surface area contributed by atoms with E-state index >= 15 is 0 Å². The molecule has 0 spiro atoms. The zero-order chi connectivity index (χ0) is 14.4. The fourth-order valence-electron chi connectivity index (χ4n) is 1.76. The second-order valence-electron chi connectivity index (χ2n) is 4.46. The van der Waals surface area contributed by atoms with Crippen LogP contribution >= 0.6 is 27.5 Å². The smallest absolute Gasteiger partial charge is 0.119 e. The summed E-state index contributed by atoms with van der Waals surface area (Å²) in [5.41, 5.74) is 2.11. The van der Waals surface area contributed by atoms with Gasteiger partial charge in [-0.15, -0.1) is 0 Å². The molecule has 0 aliphatic rings. The molecule has 0 atom stereocenters. The van der Waals surface area contributed by atoms with Gasteiger partial charge in [-0.05, 0) is 54.4 Å². The minimum atomic E-state index is 0.688. The number of nitrogens with one attached hydrogen (secondary N) is 1. The SMILES string of the molecule is CCCOc1ccc(NCc2cc(Br)ccc2Cl)cc1. The molecule has 0 amide bonds. The third kappa shape index (κ3) is 4.43. The van der Waals surface area contributed by atoms with Gasteiger partial charge in [0.15, 0.2) is 0 Å². The molecule has 106 valence electrons. The Hall–Kier alpha value is -1.19. The fourth-order valence-corrected chi connectivity index (χ4v) is 2.36. The third-order valence-electron chi connectivity index (χ3n) is 2.82. The molecule has 0 saturated carbocycles. The summed E-state index contributed by atoms with van der Waals surface area (Å²) < 4.78 is 6.58. The van der Waals surface area contributed by atoms with Crippen molar-refractivity contribution in [1.82, 2.24) is 0 Å². The molecule has 0 aliphatic carbocycles. The minimum Gasteiger partial charge on any atom is -0.494 e. The Labute approximate surface area is 133 Å². The van der Waals surface area contributed by atoms with Crippen molar-refractivity contribution in [3.05, 3.63) is 57.5 Å². The molecule has 0 aliphatic heterocycles. The average molecular weight is 355 g/mol. The van der Waals surface area contributed by atoms with E-state index in [2.05, 4.69) is 28.2 Å². The van der Waals surface area contributed by atoms with Crippen molar-refractivity contribution in [1.29, 1.82) is 0 Å². The normalized spacial score (nSPS) is 10.3. The second kappa shape index (κ2) is 7.55. The van der Waals surface area contributed by atoms with Gasteiger partial charge in [-0.1, -0.05) is 34.5 Å².